The van der Waals surface area contributed by atoms with Gasteiger partial charge in [-0.25, -0.2) is 4.98 Å². The number of hydrogen-bond acceptors (Lipinski definition) is 4. The Bertz CT molecular complexity index is 937. The average Bonchev–Trinajstić information content (AvgIpc) is 3.13. The summed E-state index contributed by atoms with van der Waals surface area (Å²) >= 11 is 13.6. The highest BCUT2D eigenvalue weighted by Gasteiger charge is 2.13. The van der Waals surface area contributed by atoms with Gasteiger partial charge in [-0.1, -0.05) is 23.2 Å². The Kier molecular flexibility index (Phi) is 6.37. The number of rotatable bonds is 6. The van der Waals surface area contributed by atoms with Crippen molar-refractivity contribution in [3.8, 4) is 11.3 Å². The van der Waals surface area contributed by atoms with Crippen LogP contribution in [0.4, 0.5) is 10.8 Å². The van der Waals surface area contributed by atoms with Gasteiger partial charge in [0.1, 0.15) is 0 Å². The van der Waals surface area contributed by atoms with E-state index in [0.717, 1.165) is 24.3 Å². The van der Waals surface area contributed by atoms with E-state index in [1.165, 1.54) is 11.3 Å². The molecule has 0 saturated carbocycles. The Balaban J connectivity index is 1.73. The maximum atomic E-state index is 12.5. The fourth-order valence-corrected chi connectivity index (χ4v) is 3.82. The molecule has 1 aromatic heterocycles. The highest BCUT2D eigenvalue weighted by molar-refractivity contribution is 7.14. The van der Waals surface area contributed by atoms with Crippen molar-refractivity contribution >= 4 is 51.3 Å². The quantitative estimate of drug-likeness (QED) is 0.515. The molecule has 0 aliphatic heterocycles. The van der Waals surface area contributed by atoms with Crippen LogP contribution in [-0.2, 0) is 0 Å². The molecule has 1 N–H and O–H groups in total. The van der Waals surface area contributed by atoms with E-state index >= 15 is 0 Å². The molecule has 0 aliphatic carbocycles. The topological polar surface area (TPSA) is 45.2 Å². The maximum Gasteiger partial charge on any atom is 0.257 e. The monoisotopic (exact) mass is 419 g/mol. The summed E-state index contributed by atoms with van der Waals surface area (Å²) in [6, 6.07) is 12.8. The standard InChI is InChI=1S/C20H19Cl2N3OS/c1-3-25(4-2)15-8-5-13(6-9-15)19(26)24-20-23-18(12-27-20)16-11-14(21)7-10-17(16)22/h5-12H,3-4H2,1-2H3,(H,23,24,26). The van der Waals surface area contributed by atoms with Crippen molar-refractivity contribution in [2.75, 3.05) is 23.3 Å². The Labute approximate surface area is 172 Å². The smallest absolute Gasteiger partial charge is 0.257 e. The number of benzene rings is 2. The molecule has 0 unspecified atom stereocenters. The van der Waals surface area contributed by atoms with Crippen molar-refractivity contribution < 1.29 is 4.79 Å². The van der Waals surface area contributed by atoms with E-state index in [-0.39, 0.29) is 5.91 Å². The van der Waals surface area contributed by atoms with Crippen LogP contribution in [0.3, 0.4) is 0 Å². The summed E-state index contributed by atoms with van der Waals surface area (Å²) in [6.45, 7) is 6.07. The fourth-order valence-electron chi connectivity index (χ4n) is 2.73. The number of carbonyl (C=O) groups excluding carboxylic acids is 1. The summed E-state index contributed by atoms with van der Waals surface area (Å²) in [6.07, 6.45) is 0. The molecule has 0 spiro atoms. The molecule has 2 aromatic carbocycles. The second-order valence-electron chi connectivity index (χ2n) is 5.84. The molecule has 7 heteroatoms. The van der Waals surface area contributed by atoms with Crippen LogP contribution in [0.15, 0.2) is 47.8 Å². The van der Waals surface area contributed by atoms with Crippen LogP contribution < -0.4 is 10.2 Å². The van der Waals surface area contributed by atoms with E-state index in [2.05, 4.69) is 29.0 Å². The molecular weight excluding hydrogens is 401 g/mol. The van der Waals surface area contributed by atoms with Crippen molar-refractivity contribution in [3.63, 3.8) is 0 Å². The first kappa shape index (κ1) is 19.7. The molecule has 0 saturated heterocycles. The molecule has 27 heavy (non-hydrogen) atoms. The summed E-state index contributed by atoms with van der Waals surface area (Å²) in [4.78, 5) is 19.2. The number of nitrogens with one attached hydrogen (secondary N) is 1. The lowest BCUT2D eigenvalue weighted by Crippen LogP contribution is -2.21. The zero-order valence-electron chi connectivity index (χ0n) is 15.0. The van der Waals surface area contributed by atoms with E-state index in [0.29, 0.717) is 26.4 Å². The number of carbonyl (C=O) groups is 1. The summed E-state index contributed by atoms with van der Waals surface area (Å²) in [5.74, 6) is -0.195. The third-order valence-electron chi connectivity index (χ3n) is 4.19. The van der Waals surface area contributed by atoms with Gasteiger partial charge in [-0.15, -0.1) is 11.3 Å². The fraction of sp³-hybridized carbons (Fsp3) is 0.200. The normalized spacial score (nSPS) is 10.7. The number of nitrogens with zero attached hydrogens (tertiary/aromatic N) is 2. The van der Waals surface area contributed by atoms with Crippen LogP contribution in [0.2, 0.25) is 10.0 Å². The molecule has 0 atom stereocenters. The highest BCUT2D eigenvalue weighted by atomic mass is 35.5. The van der Waals surface area contributed by atoms with Gasteiger partial charge in [0.2, 0.25) is 0 Å². The number of halogens is 2. The van der Waals surface area contributed by atoms with Crippen LogP contribution >= 0.6 is 34.5 Å². The molecule has 0 aliphatic rings. The largest absolute Gasteiger partial charge is 0.372 e. The van der Waals surface area contributed by atoms with E-state index in [1.54, 1.807) is 18.2 Å². The molecule has 3 aromatic rings. The van der Waals surface area contributed by atoms with Gasteiger partial charge in [0.25, 0.3) is 5.91 Å². The molecule has 140 valence electrons. The van der Waals surface area contributed by atoms with Crippen LogP contribution in [0, 0.1) is 0 Å². The molecule has 1 amide bonds. The number of thiazole rings is 1. The molecule has 1 heterocycles. The Morgan fingerprint density at radius 1 is 1.11 bits per heavy atom. The van der Waals surface area contributed by atoms with Crippen molar-refractivity contribution in [2.24, 2.45) is 0 Å². The minimum absolute atomic E-state index is 0.195. The van der Waals surface area contributed by atoms with Gasteiger partial charge in [0.15, 0.2) is 5.13 Å². The van der Waals surface area contributed by atoms with Crippen molar-refractivity contribution in [1.82, 2.24) is 4.98 Å². The van der Waals surface area contributed by atoms with Gasteiger partial charge in [-0.05, 0) is 56.3 Å². The molecule has 3 rings (SSSR count). The Hall–Kier alpha value is -2.08. The zero-order chi connectivity index (χ0) is 19.4. The van der Waals surface area contributed by atoms with Gasteiger partial charge in [-0.3, -0.25) is 10.1 Å². The van der Waals surface area contributed by atoms with Gasteiger partial charge in [-0.2, -0.15) is 0 Å². The van der Waals surface area contributed by atoms with Gasteiger partial charge in [0.05, 0.1) is 10.7 Å². The van der Waals surface area contributed by atoms with Crippen LogP contribution in [-0.4, -0.2) is 24.0 Å². The molecule has 0 fully saturated rings. The first-order valence-electron chi connectivity index (χ1n) is 8.59. The summed E-state index contributed by atoms with van der Waals surface area (Å²) in [5.41, 5.74) is 3.11. The lowest BCUT2D eigenvalue weighted by atomic mass is 10.2. The first-order chi connectivity index (χ1) is 13.0. The van der Waals surface area contributed by atoms with Gasteiger partial charge < -0.3 is 4.90 Å². The van der Waals surface area contributed by atoms with Crippen LogP contribution in [0.1, 0.15) is 24.2 Å². The van der Waals surface area contributed by atoms with Gasteiger partial charge in [0, 0.05) is 40.3 Å². The average molecular weight is 420 g/mol. The second-order valence-corrected chi connectivity index (χ2v) is 7.54. The third kappa shape index (κ3) is 4.61. The van der Waals surface area contributed by atoms with Crippen LogP contribution in [0.5, 0.6) is 0 Å². The van der Waals surface area contributed by atoms with E-state index in [4.69, 9.17) is 23.2 Å². The number of anilines is 2. The molecule has 0 bridgehead atoms. The highest BCUT2D eigenvalue weighted by Crippen LogP contribution is 2.32. The Morgan fingerprint density at radius 3 is 2.48 bits per heavy atom. The summed E-state index contributed by atoms with van der Waals surface area (Å²) < 4.78 is 0. The molecule has 0 radical (unpaired) electrons. The van der Waals surface area contributed by atoms with Crippen molar-refractivity contribution in [2.45, 2.75) is 13.8 Å². The maximum absolute atomic E-state index is 12.5. The Morgan fingerprint density at radius 2 is 1.81 bits per heavy atom. The zero-order valence-corrected chi connectivity index (χ0v) is 17.3. The summed E-state index contributed by atoms with van der Waals surface area (Å²) in [5, 5.41) is 6.34. The predicted molar refractivity (Wildman–Crippen MR) is 116 cm³/mol. The minimum Gasteiger partial charge on any atom is -0.372 e. The van der Waals surface area contributed by atoms with Crippen LogP contribution in [0.25, 0.3) is 11.3 Å². The SMILES string of the molecule is CCN(CC)c1ccc(C(=O)Nc2nc(-c3cc(Cl)ccc3Cl)cs2)cc1. The number of aromatic nitrogens is 1. The molecular formula is C20H19Cl2N3OS. The number of hydrogen-bond donors (Lipinski definition) is 1. The minimum atomic E-state index is -0.195. The molecule has 4 nitrogen and oxygen atoms in total. The van der Waals surface area contributed by atoms with E-state index in [1.807, 2.05) is 29.6 Å². The summed E-state index contributed by atoms with van der Waals surface area (Å²) in [7, 11) is 0. The van der Waals surface area contributed by atoms with Crippen molar-refractivity contribution in [1.29, 1.82) is 0 Å². The first-order valence-corrected chi connectivity index (χ1v) is 10.2. The number of amides is 1. The second kappa shape index (κ2) is 8.74. The predicted octanol–water partition coefficient (Wildman–Crippen LogP) is 6.22. The van der Waals surface area contributed by atoms with E-state index < -0.39 is 0 Å². The van der Waals surface area contributed by atoms with Crippen molar-refractivity contribution in [3.05, 3.63) is 63.5 Å². The lowest BCUT2D eigenvalue weighted by molar-refractivity contribution is 0.102. The van der Waals surface area contributed by atoms with Gasteiger partial charge >= 0.3 is 0 Å². The third-order valence-corrected chi connectivity index (χ3v) is 5.51. The van der Waals surface area contributed by atoms with E-state index in [9.17, 15) is 4.79 Å². The lowest BCUT2D eigenvalue weighted by Gasteiger charge is -2.20.